The average Bonchev–Trinajstić information content (AvgIpc) is 2.79. The van der Waals surface area contributed by atoms with E-state index in [0.717, 1.165) is 12.0 Å². The summed E-state index contributed by atoms with van der Waals surface area (Å²) in [7, 11) is 0. The van der Waals surface area contributed by atoms with Gasteiger partial charge in [0.05, 0.1) is 6.61 Å². The van der Waals surface area contributed by atoms with E-state index in [1.54, 1.807) is 6.08 Å². The maximum absolute atomic E-state index is 11.3. The summed E-state index contributed by atoms with van der Waals surface area (Å²) in [5, 5.41) is 0. The van der Waals surface area contributed by atoms with E-state index in [1.165, 1.54) is 5.56 Å². The van der Waals surface area contributed by atoms with Crippen molar-refractivity contribution in [2.24, 2.45) is 0 Å². The van der Waals surface area contributed by atoms with Gasteiger partial charge in [-0.25, -0.2) is 4.79 Å². The zero-order chi connectivity index (χ0) is 12.1. The number of hydrogen-bond donors (Lipinski definition) is 0. The molecule has 0 spiro atoms. The van der Waals surface area contributed by atoms with Crippen molar-refractivity contribution in [2.45, 2.75) is 19.3 Å². The molecule has 1 aliphatic rings. The number of ether oxygens (including phenoxy) is 1. The van der Waals surface area contributed by atoms with E-state index in [0.29, 0.717) is 12.5 Å². The summed E-state index contributed by atoms with van der Waals surface area (Å²) in [6.45, 7) is 2.24. The second-order valence-corrected chi connectivity index (χ2v) is 4.05. The van der Waals surface area contributed by atoms with E-state index in [2.05, 4.69) is 18.2 Å². The number of benzene rings is 1. The Morgan fingerprint density at radius 1 is 1.41 bits per heavy atom. The van der Waals surface area contributed by atoms with E-state index in [9.17, 15) is 4.79 Å². The Bertz CT molecular complexity index is 443. The number of esters is 1. The van der Waals surface area contributed by atoms with E-state index in [1.807, 2.05) is 31.2 Å². The predicted molar refractivity (Wildman–Crippen MR) is 67.7 cm³/mol. The Morgan fingerprint density at radius 2 is 2.18 bits per heavy atom. The molecule has 17 heavy (non-hydrogen) atoms. The van der Waals surface area contributed by atoms with Crippen LogP contribution in [0.15, 0.2) is 54.1 Å². The molecular weight excluding hydrogens is 212 g/mol. The highest BCUT2D eigenvalue weighted by Crippen LogP contribution is 2.31. The molecule has 0 radical (unpaired) electrons. The Labute approximate surface area is 102 Å². The van der Waals surface area contributed by atoms with Crippen molar-refractivity contribution < 1.29 is 9.53 Å². The maximum atomic E-state index is 11.3. The Hall–Kier alpha value is -1.83. The molecule has 0 saturated carbocycles. The van der Waals surface area contributed by atoms with Crippen LogP contribution in [0.4, 0.5) is 0 Å². The van der Waals surface area contributed by atoms with Crippen LogP contribution in [0.25, 0.3) is 0 Å². The fraction of sp³-hybridized carbons (Fsp3) is 0.267. The predicted octanol–water partition coefficient (Wildman–Crippen LogP) is 3.22. The first kappa shape index (κ1) is 11.6. The monoisotopic (exact) mass is 228 g/mol. The van der Waals surface area contributed by atoms with Crippen LogP contribution >= 0.6 is 0 Å². The smallest absolute Gasteiger partial charge is 0.331 e. The highest BCUT2D eigenvalue weighted by molar-refractivity contribution is 5.83. The van der Waals surface area contributed by atoms with Crippen molar-refractivity contribution in [1.29, 1.82) is 0 Å². The first-order valence-corrected chi connectivity index (χ1v) is 5.90. The van der Waals surface area contributed by atoms with Gasteiger partial charge in [-0.2, -0.15) is 0 Å². The van der Waals surface area contributed by atoms with Crippen LogP contribution < -0.4 is 0 Å². The largest absolute Gasteiger partial charge is 0.463 e. The molecule has 0 amide bonds. The normalized spacial score (nSPS) is 20.8. The maximum Gasteiger partial charge on any atom is 0.331 e. The van der Waals surface area contributed by atoms with E-state index < -0.39 is 0 Å². The number of hydrogen-bond acceptors (Lipinski definition) is 2. The van der Waals surface area contributed by atoms with E-state index in [-0.39, 0.29) is 5.97 Å². The minimum Gasteiger partial charge on any atom is -0.463 e. The van der Waals surface area contributed by atoms with Crippen molar-refractivity contribution in [3.05, 3.63) is 59.7 Å². The third-order valence-corrected chi connectivity index (χ3v) is 2.82. The summed E-state index contributed by atoms with van der Waals surface area (Å²) in [5.41, 5.74) is 2.33. The highest BCUT2D eigenvalue weighted by Gasteiger charge is 2.15. The average molecular weight is 228 g/mol. The molecule has 2 nitrogen and oxygen atoms in total. The second-order valence-electron chi connectivity index (χ2n) is 4.05. The van der Waals surface area contributed by atoms with Gasteiger partial charge in [0.2, 0.25) is 0 Å². The molecule has 1 aromatic rings. The lowest BCUT2D eigenvalue weighted by molar-refractivity contribution is -0.137. The van der Waals surface area contributed by atoms with Gasteiger partial charge in [0.1, 0.15) is 0 Å². The standard InChI is InChI=1S/C15H16O2/c1-2-17-15(16)11-12-8-9-14(10-12)13-6-4-3-5-7-13/h3-9,11,14H,2,10H2,1H3/b12-11+. The molecule has 0 heterocycles. The first-order chi connectivity index (χ1) is 8.29. The molecule has 0 N–H and O–H groups in total. The molecule has 1 aromatic carbocycles. The Kier molecular flexibility index (Phi) is 3.76. The molecule has 1 unspecified atom stereocenters. The fourth-order valence-electron chi connectivity index (χ4n) is 2.00. The van der Waals surface area contributed by atoms with Crippen molar-refractivity contribution in [1.82, 2.24) is 0 Å². The molecule has 0 bridgehead atoms. The van der Waals surface area contributed by atoms with Crippen LogP contribution in [0.2, 0.25) is 0 Å². The van der Waals surface area contributed by atoms with Gasteiger partial charge in [-0.1, -0.05) is 42.5 Å². The molecule has 1 atom stereocenters. The second kappa shape index (κ2) is 5.48. The van der Waals surface area contributed by atoms with E-state index in [4.69, 9.17) is 4.74 Å². The van der Waals surface area contributed by atoms with Gasteiger partial charge >= 0.3 is 5.97 Å². The van der Waals surface area contributed by atoms with Gasteiger partial charge in [0, 0.05) is 12.0 Å². The van der Waals surface area contributed by atoms with Crippen LogP contribution in [0.5, 0.6) is 0 Å². The third-order valence-electron chi connectivity index (χ3n) is 2.82. The lowest BCUT2D eigenvalue weighted by Crippen LogP contribution is -2.00. The summed E-state index contributed by atoms with van der Waals surface area (Å²) in [6, 6.07) is 10.3. The topological polar surface area (TPSA) is 26.3 Å². The molecule has 2 rings (SSSR count). The molecule has 0 aromatic heterocycles. The van der Waals surface area contributed by atoms with Crippen LogP contribution in [0.1, 0.15) is 24.8 Å². The van der Waals surface area contributed by atoms with Gasteiger partial charge < -0.3 is 4.74 Å². The van der Waals surface area contributed by atoms with Crippen molar-refractivity contribution in [2.75, 3.05) is 6.61 Å². The third kappa shape index (κ3) is 3.06. The van der Waals surface area contributed by atoms with Crippen LogP contribution in [0, 0.1) is 0 Å². The lowest BCUT2D eigenvalue weighted by atomic mass is 9.98. The van der Waals surface area contributed by atoms with Crippen molar-refractivity contribution in [3.8, 4) is 0 Å². The number of rotatable bonds is 3. The molecule has 88 valence electrons. The first-order valence-electron chi connectivity index (χ1n) is 5.90. The minimum absolute atomic E-state index is 0.249. The minimum atomic E-state index is -0.249. The molecule has 2 heteroatoms. The van der Waals surface area contributed by atoms with Gasteiger partial charge in [-0.3, -0.25) is 0 Å². The number of allylic oxidation sites excluding steroid dienone is 3. The van der Waals surface area contributed by atoms with Gasteiger partial charge in [0.25, 0.3) is 0 Å². The molecule has 0 fully saturated rings. The Balaban J connectivity index is 2.02. The summed E-state index contributed by atoms with van der Waals surface area (Å²) >= 11 is 0. The SMILES string of the molecule is CCOC(=O)/C=C1\C=CC(c2ccccc2)C1. The van der Waals surface area contributed by atoms with Crippen LogP contribution in [-0.4, -0.2) is 12.6 Å². The summed E-state index contributed by atoms with van der Waals surface area (Å²) in [6.07, 6.45) is 6.61. The molecular formula is C15H16O2. The summed E-state index contributed by atoms with van der Waals surface area (Å²) in [4.78, 5) is 11.3. The number of carbonyl (C=O) groups is 1. The fourth-order valence-corrected chi connectivity index (χ4v) is 2.00. The number of carbonyl (C=O) groups excluding carboxylic acids is 1. The zero-order valence-electron chi connectivity index (χ0n) is 9.93. The van der Waals surface area contributed by atoms with Crippen LogP contribution in [0.3, 0.4) is 0 Å². The quantitative estimate of drug-likeness (QED) is 0.586. The lowest BCUT2D eigenvalue weighted by Gasteiger charge is -2.07. The zero-order valence-corrected chi connectivity index (χ0v) is 9.93. The van der Waals surface area contributed by atoms with E-state index >= 15 is 0 Å². The van der Waals surface area contributed by atoms with Gasteiger partial charge in [-0.05, 0) is 24.5 Å². The van der Waals surface area contributed by atoms with Crippen molar-refractivity contribution in [3.63, 3.8) is 0 Å². The van der Waals surface area contributed by atoms with Gasteiger partial charge in [-0.15, -0.1) is 0 Å². The molecule has 1 aliphatic carbocycles. The van der Waals surface area contributed by atoms with Crippen LogP contribution in [-0.2, 0) is 9.53 Å². The van der Waals surface area contributed by atoms with Gasteiger partial charge in [0.15, 0.2) is 0 Å². The molecule has 0 saturated heterocycles. The van der Waals surface area contributed by atoms with Crippen molar-refractivity contribution >= 4 is 5.97 Å². The molecule has 0 aliphatic heterocycles. The summed E-state index contributed by atoms with van der Waals surface area (Å²) in [5.74, 6) is 0.137. The highest BCUT2D eigenvalue weighted by atomic mass is 16.5. The Morgan fingerprint density at radius 3 is 2.88 bits per heavy atom. The summed E-state index contributed by atoms with van der Waals surface area (Å²) < 4.78 is 4.90.